The molecule has 0 aromatic heterocycles. The summed E-state index contributed by atoms with van der Waals surface area (Å²) in [6, 6.07) is 11.8. The molecule has 2 atom stereocenters. The molecule has 2 aliphatic carbocycles. The van der Waals surface area contributed by atoms with Crippen LogP contribution in [-0.2, 0) is 14.6 Å². The molecule has 158 valence electrons. The molecule has 4 rings (SSSR count). The fourth-order valence-corrected chi connectivity index (χ4v) is 5.97. The zero-order chi connectivity index (χ0) is 20.6. The Labute approximate surface area is 174 Å². The molecule has 6 heteroatoms. The van der Waals surface area contributed by atoms with E-state index in [2.05, 4.69) is 53.5 Å². The lowest BCUT2D eigenvalue weighted by Crippen LogP contribution is -2.66. The van der Waals surface area contributed by atoms with Crippen molar-refractivity contribution in [1.82, 2.24) is 10.2 Å². The number of hydrogen-bond acceptors (Lipinski definition) is 5. The summed E-state index contributed by atoms with van der Waals surface area (Å²) in [5, 5.41) is 3.85. The SMILES string of the molecule is CC/C(=C\c1ccccc1)[C@@H]1C[C@H]1NC1CC2(C1)CN(CC(=O)CS(C)(=O)=O)C2. The van der Waals surface area contributed by atoms with Gasteiger partial charge in [-0.15, -0.1) is 0 Å². The standard InChI is InChI=1S/C23H32N2O3S/c1-3-18(9-17-7-5-4-6-8-17)21-10-22(21)24-19-11-23(12-19)15-25(16-23)13-20(26)14-29(2,27)28/h4-9,19,21-22,24H,3,10-16H2,1-2H3/b18-9+/t21-,22+/m0/s1. The van der Waals surface area contributed by atoms with Crippen LogP contribution in [0.1, 0.15) is 38.2 Å². The molecule has 1 aromatic carbocycles. The molecule has 3 aliphatic rings. The van der Waals surface area contributed by atoms with Crippen molar-refractivity contribution in [2.75, 3.05) is 31.6 Å². The van der Waals surface area contributed by atoms with Crippen LogP contribution in [0.5, 0.6) is 0 Å². The van der Waals surface area contributed by atoms with Crippen LogP contribution < -0.4 is 5.32 Å². The molecule has 3 fully saturated rings. The minimum atomic E-state index is -3.21. The van der Waals surface area contributed by atoms with Gasteiger partial charge in [-0.05, 0) is 42.6 Å². The third kappa shape index (κ3) is 5.16. The minimum Gasteiger partial charge on any atom is -0.311 e. The van der Waals surface area contributed by atoms with E-state index in [-0.39, 0.29) is 18.1 Å². The lowest BCUT2D eigenvalue weighted by atomic mass is 9.60. The number of rotatable bonds is 9. The lowest BCUT2D eigenvalue weighted by molar-refractivity contribution is -0.126. The highest BCUT2D eigenvalue weighted by Crippen LogP contribution is 2.50. The molecule has 0 radical (unpaired) electrons. The maximum absolute atomic E-state index is 11.8. The van der Waals surface area contributed by atoms with E-state index < -0.39 is 9.84 Å². The van der Waals surface area contributed by atoms with Gasteiger partial charge in [0, 0.05) is 31.4 Å². The van der Waals surface area contributed by atoms with Crippen molar-refractivity contribution in [3.63, 3.8) is 0 Å². The molecule has 2 saturated carbocycles. The Morgan fingerprint density at radius 1 is 1.24 bits per heavy atom. The summed E-state index contributed by atoms with van der Waals surface area (Å²) in [6.07, 6.45) is 8.17. The average Bonchev–Trinajstić information content (AvgIpc) is 3.34. The third-order valence-corrected chi connectivity index (χ3v) is 7.42. The van der Waals surface area contributed by atoms with Crippen LogP contribution in [-0.4, -0.2) is 62.8 Å². The van der Waals surface area contributed by atoms with Crippen molar-refractivity contribution in [3.05, 3.63) is 41.5 Å². The van der Waals surface area contributed by atoms with Crippen LogP contribution in [0.4, 0.5) is 0 Å². The molecule has 0 unspecified atom stereocenters. The maximum atomic E-state index is 11.8. The Bertz CT molecular complexity index is 880. The molecular formula is C23H32N2O3S. The molecule has 1 spiro atoms. The van der Waals surface area contributed by atoms with Crippen molar-refractivity contribution in [3.8, 4) is 0 Å². The molecule has 1 aromatic rings. The molecule has 1 aliphatic heterocycles. The Morgan fingerprint density at radius 3 is 2.55 bits per heavy atom. The predicted molar refractivity (Wildman–Crippen MR) is 116 cm³/mol. The zero-order valence-electron chi connectivity index (χ0n) is 17.4. The van der Waals surface area contributed by atoms with E-state index in [9.17, 15) is 13.2 Å². The van der Waals surface area contributed by atoms with Gasteiger partial charge in [0.15, 0.2) is 15.6 Å². The van der Waals surface area contributed by atoms with Gasteiger partial charge >= 0.3 is 0 Å². The summed E-state index contributed by atoms with van der Waals surface area (Å²) in [5.74, 6) is 0.151. The van der Waals surface area contributed by atoms with E-state index in [0.717, 1.165) is 25.8 Å². The van der Waals surface area contributed by atoms with Gasteiger partial charge in [-0.2, -0.15) is 0 Å². The number of nitrogens with one attached hydrogen (secondary N) is 1. The number of carbonyl (C=O) groups excluding carboxylic acids is 1. The fourth-order valence-electron chi connectivity index (χ4n) is 5.29. The highest BCUT2D eigenvalue weighted by molar-refractivity contribution is 7.91. The zero-order valence-corrected chi connectivity index (χ0v) is 18.2. The minimum absolute atomic E-state index is 0.186. The summed E-state index contributed by atoms with van der Waals surface area (Å²) in [7, 11) is -3.21. The van der Waals surface area contributed by atoms with Crippen LogP contribution in [0, 0.1) is 11.3 Å². The van der Waals surface area contributed by atoms with Gasteiger partial charge in [0.1, 0.15) is 5.75 Å². The number of nitrogens with zero attached hydrogens (tertiary/aromatic N) is 1. The van der Waals surface area contributed by atoms with Crippen molar-refractivity contribution >= 4 is 21.7 Å². The van der Waals surface area contributed by atoms with Crippen molar-refractivity contribution in [2.45, 2.75) is 44.7 Å². The number of likely N-dealkylation sites (tertiary alicyclic amines) is 1. The first kappa shape index (κ1) is 20.8. The summed E-state index contributed by atoms with van der Waals surface area (Å²) >= 11 is 0. The highest BCUT2D eigenvalue weighted by Gasteiger charge is 2.54. The quantitative estimate of drug-likeness (QED) is 0.670. The number of ketones is 1. The summed E-state index contributed by atoms with van der Waals surface area (Å²) in [6.45, 7) is 4.39. The summed E-state index contributed by atoms with van der Waals surface area (Å²) in [4.78, 5) is 13.9. The van der Waals surface area contributed by atoms with Crippen LogP contribution >= 0.6 is 0 Å². The number of benzene rings is 1. The van der Waals surface area contributed by atoms with E-state index in [1.54, 1.807) is 5.57 Å². The van der Waals surface area contributed by atoms with E-state index in [4.69, 9.17) is 0 Å². The largest absolute Gasteiger partial charge is 0.311 e. The van der Waals surface area contributed by atoms with Gasteiger partial charge in [0.25, 0.3) is 0 Å². The maximum Gasteiger partial charge on any atom is 0.161 e. The monoisotopic (exact) mass is 416 g/mol. The third-order valence-electron chi connectivity index (χ3n) is 6.58. The first-order chi connectivity index (χ1) is 13.8. The smallest absolute Gasteiger partial charge is 0.161 e. The molecule has 0 bridgehead atoms. The number of hydrogen-bond donors (Lipinski definition) is 1. The van der Waals surface area contributed by atoms with Crippen molar-refractivity contribution in [1.29, 1.82) is 0 Å². The molecule has 0 amide bonds. The Morgan fingerprint density at radius 2 is 1.93 bits per heavy atom. The molecule has 5 nitrogen and oxygen atoms in total. The number of carbonyl (C=O) groups is 1. The second kappa shape index (κ2) is 7.97. The number of Topliss-reactive ketones (excluding diaryl/α,β-unsaturated/α-hetero) is 1. The van der Waals surface area contributed by atoms with E-state index in [1.807, 2.05) is 0 Å². The van der Waals surface area contributed by atoms with Crippen molar-refractivity contribution < 1.29 is 13.2 Å². The van der Waals surface area contributed by atoms with Crippen molar-refractivity contribution in [2.24, 2.45) is 11.3 Å². The number of sulfone groups is 1. The predicted octanol–water partition coefficient (Wildman–Crippen LogP) is 2.54. The Balaban J connectivity index is 1.18. The Kier molecular flexibility index (Phi) is 5.70. The highest BCUT2D eigenvalue weighted by atomic mass is 32.2. The topological polar surface area (TPSA) is 66.5 Å². The lowest BCUT2D eigenvalue weighted by Gasteiger charge is -2.59. The first-order valence-corrected chi connectivity index (χ1v) is 12.7. The summed E-state index contributed by atoms with van der Waals surface area (Å²) < 4.78 is 22.4. The fraction of sp³-hybridized carbons (Fsp3) is 0.609. The molecule has 1 N–H and O–H groups in total. The van der Waals surface area contributed by atoms with E-state index in [1.165, 1.54) is 24.8 Å². The van der Waals surface area contributed by atoms with Crippen LogP contribution in [0.2, 0.25) is 0 Å². The summed E-state index contributed by atoms with van der Waals surface area (Å²) in [5.41, 5.74) is 3.19. The normalized spacial score (nSPS) is 26.8. The molecule has 1 saturated heterocycles. The van der Waals surface area contributed by atoms with Gasteiger partial charge in [0.05, 0.1) is 6.54 Å². The van der Waals surface area contributed by atoms with Gasteiger partial charge in [-0.1, -0.05) is 48.9 Å². The van der Waals surface area contributed by atoms with Crippen LogP contribution in [0.15, 0.2) is 35.9 Å². The van der Waals surface area contributed by atoms with Gasteiger partial charge < -0.3 is 5.32 Å². The second-order valence-electron chi connectivity index (χ2n) is 9.46. The molecule has 1 heterocycles. The average molecular weight is 417 g/mol. The molecular weight excluding hydrogens is 384 g/mol. The first-order valence-electron chi connectivity index (χ1n) is 10.7. The van der Waals surface area contributed by atoms with Crippen LogP contribution in [0.25, 0.3) is 6.08 Å². The van der Waals surface area contributed by atoms with Gasteiger partial charge in [-0.25, -0.2) is 8.42 Å². The Hall–Kier alpha value is -1.50. The van der Waals surface area contributed by atoms with Gasteiger partial charge in [0.2, 0.25) is 0 Å². The van der Waals surface area contributed by atoms with Gasteiger partial charge in [-0.3, -0.25) is 9.69 Å². The van der Waals surface area contributed by atoms with E-state index >= 15 is 0 Å². The van der Waals surface area contributed by atoms with Crippen LogP contribution in [0.3, 0.4) is 0 Å². The second-order valence-corrected chi connectivity index (χ2v) is 11.6. The van der Waals surface area contributed by atoms with E-state index in [0.29, 0.717) is 23.4 Å². The molecule has 29 heavy (non-hydrogen) atoms.